The van der Waals surface area contributed by atoms with Crippen molar-refractivity contribution >= 4 is 0 Å². The van der Waals surface area contributed by atoms with Crippen LogP contribution in [0.3, 0.4) is 0 Å². The Bertz CT molecular complexity index is 379. The van der Waals surface area contributed by atoms with Gasteiger partial charge in [-0.05, 0) is 25.8 Å². The summed E-state index contributed by atoms with van der Waals surface area (Å²) in [5.41, 5.74) is -0.309. The second kappa shape index (κ2) is 6.45. The molecule has 1 atom stereocenters. The summed E-state index contributed by atoms with van der Waals surface area (Å²) in [6.45, 7) is 3.58. The fourth-order valence-corrected chi connectivity index (χ4v) is 2.43. The van der Waals surface area contributed by atoms with Gasteiger partial charge in [0.25, 0.3) is 0 Å². The fourth-order valence-electron chi connectivity index (χ4n) is 2.43. The van der Waals surface area contributed by atoms with Crippen LogP contribution < -0.4 is 5.32 Å². The summed E-state index contributed by atoms with van der Waals surface area (Å²) in [5, 5.41) is 7.41. The highest BCUT2D eigenvalue weighted by atomic mass is 16.5. The predicted molar refractivity (Wildman–Crippen MR) is 69.9 cm³/mol. The van der Waals surface area contributed by atoms with Crippen molar-refractivity contribution in [2.45, 2.75) is 44.2 Å². The molecule has 0 radical (unpaired) electrons. The summed E-state index contributed by atoms with van der Waals surface area (Å²) in [6.07, 6.45) is 3.77. The highest BCUT2D eigenvalue weighted by Gasteiger charge is 2.43. The van der Waals surface area contributed by atoms with E-state index in [0.29, 0.717) is 24.7 Å². The summed E-state index contributed by atoms with van der Waals surface area (Å²) in [6, 6.07) is 0.197. The van der Waals surface area contributed by atoms with Gasteiger partial charge in [0.2, 0.25) is 11.7 Å². The number of aromatic nitrogens is 2. The maximum Gasteiger partial charge on any atom is 0.228 e. The zero-order valence-electron chi connectivity index (χ0n) is 11.9. The first-order chi connectivity index (χ1) is 9.24. The zero-order chi connectivity index (χ0) is 13.7. The van der Waals surface area contributed by atoms with Gasteiger partial charge in [0.05, 0.1) is 6.61 Å². The van der Waals surface area contributed by atoms with Crippen LogP contribution in [0.2, 0.25) is 0 Å². The average molecular weight is 269 g/mol. The van der Waals surface area contributed by atoms with E-state index in [2.05, 4.69) is 22.4 Å². The molecule has 1 heterocycles. The molecule has 1 aliphatic carbocycles. The van der Waals surface area contributed by atoms with Gasteiger partial charge in [0.15, 0.2) is 0 Å². The Morgan fingerprint density at radius 2 is 2.21 bits per heavy atom. The molecule has 0 bridgehead atoms. The van der Waals surface area contributed by atoms with Crippen molar-refractivity contribution < 1.29 is 14.0 Å². The molecule has 19 heavy (non-hydrogen) atoms. The van der Waals surface area contributed by atoms with E-state index in [-0.39, 0.29) is 11.6 Å². The summed E-state index contributed by atoms with van der Waals surface area (Å²) in [5.74, 6) is 1.32. The fraction of sp³-hybridized carbons (Fsp3) is 0.846. The van der Waals surface area contributed by atoms with Crippen LogP contribution in [-0.4, -0.2) is 43.6 Å². The van der Waals surface area contributed by atoms with Gasteiger partial charge in [-0.2, -0.15) is 4.98 Å². The van der Waals surface area contributed by atoms with Crippen molar-refractivity contribution in [2.75, 3.05) is 27.4 Å². The molecule has 2 rings (SSSR count). The van der Waals surface area contributed by atoms with E-state index in [1.165, 1.54) is 0 Å². The van der Waals surface area contributed by atoms with Crippen molar-refractivity contribution in [3.8, 4) is 0 Å². The van der Waals surface area contributed by atoms with E-state index in [9.17, 15) is 0 Å². The van der Waals surface area contributed by atoms with Gasteiger partial charge in [0, 0.05) is 26.7 Å². The van der Waals surface area contributed by atoms with E-state index in [1.54, 1.807) is 14.2 Å². The number of ether oxygens (including phenoxy) is 2. The van der Waals surface area contributed by atoms with Gasteiger partial charge in [-0.25, -0.2) is 0 Å². The van der Waals surface area contributed by atoms with Gasteiger partial charge in [-0.3, -0.25) is 0 Å². The molecule has 0 saturated heterocycles. The number of hydrogen-bond acceptors (Lipinski definition) is 6. The van der Waals surface area contributed by atoms with Crippen molar-refractivity contribution in [3.63, 3.8) is 0 Å². The maximum atomic E-state index is 5.55. The van der Waals surface area contributed by atoms with Gasteiger partial charge in [-0.15, -0.1) is 0 Å². The first-order valence-corrected chi connectivity index (χ1v) is 6.84. The van der Waals surface area contributed by atoms with Gasteiger partial charge in [0.1, 0.15) is 5.60 Å². The molecule has 6 nitrogen and oxygen atoms in total. The number of nitrogens with one attached hydrogen (secondary N) is 1. The topological polar surface area (TPSA) is 69.4 Å². The lowest BCUT2D eigenvalue weighted by Gasteiger charge is -2.37. The number of nitrogens with zero attached hydrogens (tertiary/aromatic N) is 2. The molecule has 1 aromatic rings. The van der Waals surface area contributed by atoms with Crippen molar-refractivity contribution in [3.05, 3.63) is 11.7 Å². The summed E-state index contributed by atoms with van der Waals surface area (Å²) in [4.78, 5) is 4.48. The number of likely N-dealkylation sites (N-methyl/N-ethyl adjacent to an activating group) is 1. The average Bonchev–Trinajstić information content (AvgIpc) is 2.78. The smallest absolute Gasteiger partial charge is 0.228 e. The standard InChI is InChI=1S/C13H23N3O3/c1-4-14-10(9-17-2)8-11-15-12(16-19-11)13(18-3)6-5-7-13/h10,14H,4-9H2,1-3H3. The molecular weight excluding hydrogens is 246 g/mol. The Morgan fingerprint density at radius 3 is 2.74 bits per heavy atom. The molecule has 1 saturated carbocycles. The number of methoxy groups -OCH3 is 2. The summed E-state index contributed by atoms with van der Waals surface area (Å²) < 4.78 is 16.1. The molecule has 6 heteroatoms. The second-order valence-corrected chi connectivity index (χ2v) is 4.98. The molecule has 1 aliphatic rings. The molecule has 1 aromatic heterocycles. The molecule has 0 amide bonds. The minimum atomic E-state index is -0.309. The third-order valence-electron chi connectivity index (χ3n) is 3.71. The third-order valence-corrected chi connectivity index (χ3v) is 3.71. The highest BCUT2D eigenvalue weighted by molar-refractivity contribution is 5.07. The predicted octanol–water partition coefficient (Wildman–Crippen LogP) is 1.26. The van der Waals surface area contributed by atoms with Gasteiger partial charge in [-0.1, -0.05) is 12.1 Å². The second-order valence-electron chi connectivity index (χ2n) is 4.98. The minimum absolute atomic E-state index is 0.197. The lowest BCUT2D eigenvalue weighted by Crippen LogP contribution is -2.37. The monoisotopic (exact) mass is 269 g/mol. The van der Waals surface area contributed by atoms with Gasteiger partial charge < -0.3 is 19.3 Å². The lowest BCUT2D eigenvalue weighted by atomic mass is 9.79. The Balaban J connectivity index is 2.00. The van der Waals surface area contributed by atoms with Crippen LogP contribution in [0.4, 0.5) is 0 Å². The Hall–Kier alpha value is -0.980. The highest BCUT2D eigenvalue weighted by Crippen LogP contribution is 2.42. The largest absolute Gasteiger partial charge is 0.383 e. The SMILES string of the molecule is CCNC(COC)Cc1nc(C2(OC)CCC2)no1. The third kappa shape index (κ3) is 3.13. The molecule has 1 N–H and O–H groups in total. The molecular formula is C13H23N3O3. The number of rotatable bonds is 8. The van der Waals surface area contributed by atoms with Crippen molar-refractivity contribution in [1.29, 1.82) is 0 Å². The number of hydrogen-bond donors (Lipinski definition) is 1. The van der Waals surface area contributed by atoms with Crippen LogP contribution in [0.25, 0.3) is 0 Å². The molecule has 0 aromatic carbocycles. The Morgan fingerprint density at radius 1 is 1.42 bits per heavy atom. The van der Waals surface area contributed by atoms with Crippen LogP contribution in [0.1, 0.15) is 37.9 Å². The van der Waals surface area contributed by atoms with Crippen LogP contribution in [0.15, 0.2) is 4.52 Å². The van der Waals surface area contributed by atoms with Crippen LogP contribution in [-0.2, 0) is 21.5 Å². The zero-order valence-corrected chi connectivity index (χ0v) is 11.9. The summed E-state index contributed by atoms with van der Waals surface area (Å²) in [7, 11) is 3.40. The van der Waals surface area contributed by atoms with Crippen LogP contribution in [0.5, 0.6) is 0 Å². The Labute approximate surface area is 113 Å². The van der Waals surface area contributed by atoms with E-state index in [0.717, 1.165) is 25.8 Å². The quantitative estimate of drug-likeness (QED) is 0.766. The van der Waals surface area contributed by atoms with Gasteiger partial charge >= 0.3 is 0 Å². The molecule has 0 spiro atoms. The maximum absolute atomic E-state index is 5.55. The van der Waals surface area contributed by atoms with Crippen LogP contribution >= 0.6 is 0 Å². The Kier molecular flexibility index (Phi) is 4.90. The molecule has 108 valence electrons. The normalized spacial score (nSPS) is 19.1. The first kappa shape index (κ1) is 14.4. The molecule has 1 fully saturated rings. The van der Waals surface area contributed by atoms with E-state index in [1.807, 2.05) is 0 Å². The molecule has 0 aliphatic heterocycles. The van der Waals surface area contributed by atoms with E-state index < -0.39 is 0 Å². The first-order valence-electron chi connectivity index (χ1n) is 6.84. The van der Waals surface area contributed by atoms with Crippen LogP contribution in [0, 0.1) is 0 Å². The van der Waals surface area contributed by atoms with E-state index in [4.69, 9.17) is 14.0 Å². The molecule has 1 unspecified atom stereocenters. The minimum Gasteiger partial charge on any atom is -0.383 e. The van der Waals surface area contributed by atoms with Crippen molar-refractivity contribution in [1.82, 2.24) is 15.5 Å². The van der Waals surface area contributed by atoms with E-state index >= 15 is 0 Å². The van der Waals surface area contributed by atoms with Crippen molar-refractivity contribution in [2.24, 2.45) is 0 Å². The summed E-state index contributed by atoms with van der Waals surface area (Å²) >= 11 is 0. The lowest BCUT2D eigenvalue weighted by molar-refractivity contribution is -0.0858.